The van der Waals surface area contributed by atoms with Crippen molar-refractivity contribution < 1.29 is 9.53 Å². The number of ketones is 1. The predicted octanol–water partition coefficient (Wildman–Crippen LogP) is 3.94. The zero-order valence-electron chi connectivity index (χ0n) is 10.5. The Morgan fingerprint density at radius 1 is 1.05 bits per heavy atom. The van der Waals surface area contributed by atoms with Gasteiger partial charge in [0.2, 0.25) is 0 Å². The second-order valence-electron chi connectivity index (χ2n) is 4.80. The summed E-state index contributed by atoms with van der Waals surface area (Å²) in [4.78, 5) is 12.1. The molecule has 1 aliphatic heterocycles. The van der Waals surface area contributed by atoms with Crippen LogP contribution in [0.4, 0.5) is 0 Å². The fourth-order valence-corrected chi connectivity index (χ4v) is 3.00. The third kappa shape index (κ3) is 1.89. The summed E-state index contributed by atoms with van der Waals surface area (Å²) in [6.07, 6.45) is 0. The van der Waals surface area contributed by atoms with E-state index in [-0.39, 0.29) is 5.78 Å². The molecule has 2 atom stereocenters. The Labute approximate surface area is 120 Å². The molecule has 0 aromatic heterocycles. The molecule has 0 radical (unpaired) electrons. The maximum Gasteiger partial charge on any atom is 0.184 e. The van der Waals surface area contributed by atoms with Gasteiger partial charge >= 0.3 is 0 Å². The minimum atomic E-state index is -0.688. The fourth-order valence-electron chi connectivity index (χ4n) is 2.40. The van der Waals surface area contributed by atoms with E-state index in [0.29, 0.717) is 11.3 Å². The monoisotopic (exact) mass is 316 g/mol. The number of halogens is 1. The molecule has 3 heteroatoms. The standard InChI is InChI=1S/C16H13BrO2/c1-16(11-7-3-2-4-8-11)15(17)14(18)12-9-5-6-10-13(12)19-16/h2-10,15H,1H3. The molecule has 0 saturated heterocycles. The molecule has 0 bridgehead atoms. The zero-order valence-corrected chi connectivity index (χ0v) is 12.1. The average Bonchev–Trinajstić information content (AvgIpc) is 2.46. The molecule has 2 nitrogen and oxygen atoms in total. The lowest BCUT2D eigenvalue weighted by molar-refractivity contribution is 0.0561. The number of hydrogen-bond acceptors (Lipinski definition) is 2. The van der Waals surface area contributed by atoms with Crippen LogP contribution in [0.25, 0.3) is 0 Å². The maximum atomic E-state index is 12.5. The number of fused-ring (bicyclic) bond motifs is 1. The number of para-hydroxylation sites is 1. The first-order valence-electron chi connectivity index (χ1n) is 6.15. The third-order valence-electron chi connectivity index (χ3n) is 3.54. The lowest BCUT2D eigenvalue weighted by Gasteiger charge is -2.39. The highest BCUT2D eigenvalue weighted by Crippen LogP contribution is 2.42. The molecule has 2 aromatic rings. The Balaban J connectivity index is 2.13. The molecule has 2 aromatic carbocycles. The van der Waals surface area contributed by atoms with E-state index in [2.05, 4.69) is 15.9 Å². The Bertz CT molecular complexity index is 624. The molecule has 1 aliphatic rings. The van der Waals surface area contributed by atoms with Crippen molar-refractivity contribution in [3.8, 4) is 5.75 Å². The van der Waals surface area contributed by atoms with Crippen LogP contribution in [-0.2, 0) is 5.60 Å². The zero-order chi connectivity index (χ0) is 13.5. The highest BCUT2D eigenvalue weighted by molar-refractivity contribution is 9.10. The van der Waals surface area contributed by atoms with Gasteiger partial charge in [-0.3, -0.25) is 4.79 Å². The number of rotatable bonds is 1. The average molecular weight is 317 g/mol. The SMILES string of the molecule is CC1(c2ccccc2)Oc2ccccc2C(=O)C1Br. The van der Waals surface area contributed by atoms with Gasteiger partial charge in [0.1, 0.15) is 10.6 Å². The Morgan fingerprint density at radius 3 is 2.42 bits per heavy atom. The van der Waals surface area contributed by atoms with E-state index in [0.717, 1.165) is 5.56 Å². The van der Waals surface area contributed by atoms with E-state index >= 15 is 0 Å². The summed E-state index contributed by atoms with van der Waals surface area (Å²) in [6, 6.07) is 17.2. The van der Waals surface area contributed by atoms with Crippen molar-refractivity contribution in [1.82, 2.24) is 0 Å². The van der Waals surface area contributed by atoms with Crippen molar-refractivity contribution in [2.45, 2.75) is 17.4 Å². The predicted molar refractivity (Wildman–Crippen MR) is 77.9 cm³/mol. The molecular formula is C16H13BrO2. The van der Waals surface area contributed by atoms with Gasteiger partial charge in [0.15, 0.2) is 11.4 Å². The van der Waals surface area contributed by atoms with Crippen molar-refractivity contribution >= 4 is 21.7 Å². The molecule has 19 heavy (non-hydrogen) atoms. The van der Waals surface area contributed by atoms with Gasteiger partial charge in [0.25, 0.3) is 0 Å². The molecule has 1 heterocycles. The molecular weight excluding hydrogens is 304 g/mol. The minimum Gasteiger partial charge on any atom is -0.480 e. The first-order valence-corrected chi connectivity index (χ1v) is 7.06. The summed E-state index contributed by atoms with van der Waals surface area (Å²) in [5.74, 6) is 0.711. The molecule has 96 valence electrons. The van der Waals surface area contributed by atoms with Crippen LogP contribution in [0.1, 0.15) is 22.8 Å². The lowest BCUT2D eigenvalue weighted by Crippen LogP contribution is -2.46. The highest BCUT2D eigenvalue weighted by Gasteiger charge is 2.46. The molecule has 0 spiro atoms. The number of Topliss-reactive ketones (excluding diaryl/α,β-unsaturated/α-hetero) is 1. The number of benzene rings is 2. The van der Waals surface area contributed by atoms with Crippen LogP contribution < -0.4 is 4.74 Å². The Kier molecular flexibility index (Phi) is 2.94. The minimum absolute atomic E-state index is 0.0632. The molecule has 0 saturated carbocycles. The van der Waals surface area contributed by atoms with Gasteiger partial charge in [-0.1, -0.05) is 58.4 Å². The van der Waals surface area contributed by atoms with Gasteiger partial charge in [-0.2, -0.15) is 0 Å². The first-order chi connectivity index (χ1) is 9.13. The van der Waals surface area contributed by atoms with Crippen molar-refractivity contribution in [3.63, 3.8) is 0 Å². The van der Waals surface area contributed by atoms with Crippen LogP contribution in [0.5, 0.6) is 5.75 Å². The lowest BCUT2D eigenvalue weighted by atomic mass is 9.85. The molecule has 2 unspecified atom stereocenters. The van der Waals surface area contributed by atoms with Crippen molar-refractivity contribution in [3.05, 3.63) is 65.7 Å². The summed E-state index contributed by atoms with van der Waals surface area (Å²) in [5.41, 5.74) is 0.935. The number of hydrogen-bond donors (Lipinski definition) is 0. The first kappa shape index (κ1) is 12.4. The van der Waals surface area contributed by atoms with Crippen LogP contribution in [0.15, 0.2) is 54.6 Å². The van der Waals surface area contributed by atoms with Crippen molar-refractivity contribution in [2.75, 3.05) is 0 Å². The van der Waals surface area contributed by atoms with Gasteiger partial charge < -0.3 is 4.74 Å². The van der Waals surface area contributed by atoms with E-state index in [1.54, 1.807) is 6.07 Å². The summed E-state index contributed by atoms with van der Waals surface area (Å²) in [7, 11) is 0. The number of alkyl halides is 1. The van der Waals surface area contributed by atoms with Crippen LogP contribution >= 0.6 is 15.9 Å². The van der Waals surface area contributed by atoms with Gasteiger partial charge in [0, 0.05) is 0 Å². The van der Waals surface area contributed by atoms with Crippen LogP contribution in [-0.4, -0.2) is 10.6 Å². The van der Waals surface area contributed by atoms with E-state index in [9.17, 15) is 4.79 Å². The summed E-state index contributed by atoms with van der Waals surface area (Å²) >= 11 is 3.51. The second-order valence-corrected chi connectivity index (χ2v) is 5.71. The normalized spacial score (nSPS) is 25.6. The number of ether oxygens (including phenoxy) is 1. The Morgan fingerprint density at radius 2 is 1.68 bits per heavy atom. The van der Waals surface area contributed by atoms with E-state index in [4.69, 9.17) is 4.74 Å². The molecule has 0 N–H and O–H groups in total. The van der Waals surface area contributed by atoms with Crippen molar-refractivity contribution in [1.29, 1.82) is 0 Å². The second kappa shape index (κ2) is 4.49. The quantitative estimate of drug-likeness (QED) is 0.745. The van der Waals surface area contributed by atoms with Gasteiger partial charge in [-0.05, 0) is 24.6 Å². The number of carbonyl (C=O) groups is 1. The molecule has 0 aliphatic carbocycles. The maximum absolute atomic E-state index is 12.5. The summed E-state index contributed by atoms with van der Waals surface area (Å²) in [5, 5.41) is 0. The van der Waals surface area contributed by atoms with E-state index in [1.165, 1.54) is 0 Å². The highest BCUT2D eigenvalue weighted by atomic mass is 79.9. The van der Waals surface area contributed by atoms with E-state index in [1.807, 2.05) is 55.5 Å². The molecule has 0 fully saturated rings. The van der Waals surface area contributed by atoms with Crippen molar-refractivity contribution in [2.24, 2.45) is 0 Å². The molecule has 0 amide bonds. The fraction of sp³-hybridized carbons (Fsp3) is 0.188. The smallest absolute Gasteiger partial charge is 0.184 e. The summed E-state index contributed by atoms with van der Waals surface area (Å²) in [6.45, 7) is 1.94. The molecule has 3 rings (SSSR count). The summed E-state index contributed by atoms with van der Waals surface area (Å²) < 4.78 is 6.12. The van der Waals surface area contributed by atoms with Crippen LogP contribution in [0.3, 0.4) is 0 Å². The topological polar surface area (TPSA) is 26.3 Å². The van der Waals surface area contributed by atoms with Gasteiger partial charge in [0.05, 0.1) is 5.56 Å². The van der Waals surface area contributed by atoms with Gasteiger partial charge in [-0.25, -0.2) is 0 Å². The largest absolute Gasteiger partial charge is 0.480 e. The van der Waals surface area contributed by atoms with Crippen LogP contribution in [0.2, 0.25) is 0 Å². The van der Waals surface area contributed by atoms with Gasteiger partial charge in [-0.15, -0.1) is 0 Å². The third-order valence-corrected chi connectivity index (χ3v) is 4.82. The Hall–Kier alpha value is -1.61. The number of carbonyl (C=O) groups excluding carboxylic acids is 1. The van der Waals surface area contributed by atoms with E-state index < -0.39 is 10.4 Å². The van der Waals surface area contributed by atoms with Crippen LogP contribution in [0, 0.1) is 0 Å².